The molecule has 5 nitrogen and oxygen atoms in total. The van der Waals surface area contributed by atoms with Gasteiger partial charge in [-0.05, 0) is 28.8 Å². The number of carbonyl (C=O) groups is 2. The number of hydrogen-bond donors (Lipinski definition) is 3. The number of thiophene rings is 1. The maximum absolute atomic E-state index is 11.5. The number of nitrogens with one attached hydrogen (secondary N) is 2. The molecule has 2 amide bonds. The number of rotatable bonds is 6. The van der Waals surface area contributed by atoms with Crippen molar-refractivity contribution in [1.29, 1.82) is 0 Å². The standard InChI is InChI=1S/C14H17N3O2S/c15-7-13(18)17-8-14(19)16-6-5-10-9-20-12-4-2-1-3-11(10)12/h1-4,9H,5-8,15H2,(H,16,19)(H,17,18). The van der Waals surface area contributed by atoms with Crippen LogP contribution in [0.4, 0.5) is 0 Å². The lowest BCUT2D eigenvalue weighted by Gasteiger charge is -2.06. The molecule has 0 aliphatic rings. The summed E-state index contributed by atoms with van der Waals surface area (Å²) in [4.78, 5) is 22.4. The van der Waals surface area contributed by atoms with Crippen molar-refractivity contribution in [2.75, 3.05) is 19.6 Å². The van der Waals surface area contributed by atoms with Crippen LogP contribution >= 0.6 is 11.3 Å². The largest absolute Gasteiger partial charge is 0.354 e. The smallest absolute Gasteiger partial charge is 0.239 e. The first-order chi connectivity index (χ1) is 9.70. The van der Waals surface area contributed by atoms with E-state index >= 15 is 0 Å². The Morgan fingerprint density at radius 2 is 1.95 bits per heavy atom. The van der Waals surface area contributed by atoms with Gasteiger partial charge in [0.15, 0.2) is 0 Å². The Bertz CT molecular complexity index is 609. The van der Waals surface area contributed by atoms with Crippen molar-refractivity contribution in [3.63, 3.8) is 0 Å². The van der Waals surface area contributed by atoms with Crippen LogP contribution < -0.4 is 16.4 Å². The molecule has 0 unspecified atom stereocenters. The van der Waals surface area contributed by atoms with Crippen LogP contribution in [0.2, 0.25) is 0 Å². The lowest BCUT2D eigenvalue weighted by atomic mass is 10.1. The number of fused-ring (bicyclic) bond motifs is 1. The van der Waals surface area contributed by atoms with Gasteiger partial charge in [-0.3, -0.25) is 9.59 Å². The van der Waals surface area contributed by atoms with E-state index in [1.54, 1.807) is 11.3 Å². The van der Waals surface area contributed by atoms with Crippen molar-refractivity contribution in [2.24, 2.45) is 5.73 Å². The third-order valence-electron chi connectivity index (χ3n) is 2.91. The second-order valence-electron chi connectivity index (χ2n) is 4.34. The summed E-state index contributed by atoms with van der Waals surface area (Å²) in [6.07, 6.45) is 0.778. The van der Waals surface area contributed by atoms with Gasteiger partial charge in [-0.1, -0.05) is 18.2 Å². The molecule has 1 aromatic heterocycles. The predicted molar refractivity (Wildman–Crippen MR) is 80.6 cm³/mol. The molecule has 20 heavy (non-hydrogen) atoms. The Labute approximate surface area is 121 Å². The summed E-state index contributed by atoms with van der Waals surface area (Å²) >= 11 is 1.71. The number of carbonyl (C=O) groups excluding carboxylic acids is 2. The topological polar surface area (TPSA) is 84.2 Å². The third-order valence-corrected chi connectivity index (χ3v) is 3.92. The Morgan fingerprint density at radius 3 is 2.75 bits per heavy atom. The van der Waals surface area contributed by atoms with E-state index in [-0.39, 0.29) is 24.9 Å². The molecule has 0 saturated carbocycles. The van der Waals surface area contributed by atoms with Gasteiger partial charge in [-0.2, -0.15) is 0 Å². The summed E-state index contributed by atoms with van der Waals surface area (Å²) in [6.45, 7) is 0.423. The average Bonchev–Trinajstić information content (AvgIpc) is 2.88. The summed E-state index contributed by atoms with van der Waals surface area (Å²) in [5.74, 6) is -0.532. The number of benzene rings is 1. The maximum atomic E-state index is 11.5. The van der Waals surface area contributed by atoms with Crippen molar-refractivity contribution in [1.82, 2.24) is 10.6 Å². The van der Waals surface area contributed by atoms with E-state index in [2.05, 4.69) is 28.1 Å². The van der Waals surface area contributed by atoms with Gasteiger partial charge in [-0.25, -0.2) is 0 Å². The van der Waals surface area contributed by atoms with Crippen LogP contribution in [-0.2, 0) is 16.0 Å². The zero-order valence-electron chi connectivity index (χ0n) is 11.0. The molecule has 1 heterocycles. The molecule has 4 N–H and O–H groups in total. The van der Waals surface area contributed by atoms with E-state index in [0.29, 0.717) is 6.54 Å². The SMILES string of the molecule is NCC(=O)NCC(=O)NCCc1csc2ccccc12. The molecule has 0 spiro atoms. The fourth-order valence-electron chi connectivity index (χ4n) is 1.88. The molecule has 2 aromatic rings. The van der Waals surface area contributed by atoms with E-state index in [1.165, 1.54) is 15.6 Å². The van der Waals surface area contributed by atoms with Crippen molar-refractivity contribution < 1.29 is 9.59 Å². The predicted octanol–water partition coefficient (Wildman–Crippen LogP) is 0.635. The average molecular weight is 291 g/mol. The van der Waals surface area contributed by atoms with Gasteiger partial charge in [0, 0.05) is 11.2 Å². The van der Waals surface area contributed by atoms with Crippen LogP contribution in [0, 0.1) is 0 Å². The summed E-state index contributed by atoms with van der Waals surface area (Å²) in [7, 11) is 0. The molecule has 0 radical (unpaired) electrons. The molecule has 0 fully saturated rings. The molecule has 6 heteroatoms. The highest BCUT2D eigenvalue weighted by atomic mass is 32.1. The molecular weight excluding hydrogens is 274 g/mol. The van der Waals surface area contributed by atoms with E-state index in [9.17, 15) is 9.59 Å². The molecule has 106 valence electrons. The molecular formula is C14H17N3O2S. The van der Waals surface area contributed by atoms with Gasteiger partial charge < -0.3 is 16.4 Å². The second-order valence-corrected chi connectivity index (χ2v) is 5.25. The van der Waals surface area contributed by atoms with Crippen LogP contribution in [0.5, 0.6) is 0 Å². The van der Waals surface area contributed by atoms with E-state index in [4.69, 9.17) is 5.73 Å². The highest BCUT2D eigenvalue weighted by molar-refractivity contribution is 7.17. The van der Waals surface area contributed by atoms with Gasteiger partial charge in [0.2, 0.25) is 11.8 Å². The maximum Gasteiger partial charge on any atom is 0.239 e. The van der Waals surface area contributed by atoms with Crippen molar-refractivity contribution in [2.45, 2.75) is 6.42 Å². The van der Waals surface area contributed by atoms with E-state index in [1.807, 2.05) is 12.1 Å². The summed E-state index contributed by atoms with van der Waals surface area (Å²) < 4.78 is 1.25. The zero-order chi connectivity index (χ0) is 14.4. The molecule has 1 aromatic carbocycles. The molecule has 2 rings (SSSR count). The minimum absolute atomic E-state index is 0.0274. The van der Waals surface area contributed by atoms with Gasteiger partial charge in [0.25, 0.3) is 0 Å². The lowest BCUT2D eigenvalue weighted by Crippen LogP contribution is -2.40. The Hall–Kier alpha value is -1.92. The molecule has 0 atom stereocenters. The first kappa shape index (κ1) is 14.5. The first-order valence-corrected chi connectivity index (χ1v) is 7.27. The molecule has 0 aliphatic carbocycles. The van der Waals surface area contributed by atoms with Crippen LogP contribution in [0.1, 0.15) is 5.56 Å². The van der Waals surface area contributed by atoms with Crippen molar-refractivity contribution in [3.05, 3.63) is 35.2 Å². The van der Waals surface area contributed by atoms with Gasteiger partial charge in [0.05, 0.1) is 13.1 Å². The van der Waals surface area contributed by atoms with Gasteiger partial charge in [0.1, 0.15) is 0 Å². The summed E-state index contributed by atoms with van der Waals surface area (Å²) in [5.41, 5.74) is 6.37. The normalized spacial score (nSPS) is 10.4. The monoisotopic (exact) mass is 291 g/mol. The molecule has 0 aliphatic heterocycles. The van der Waals surface area contributed by atoms with E-state index in [0.717, 1.165) is 6.42 Å². The third kappa shape index (κ3) is 3.79. The van der Waals surface area contributed by atoms with Crippen molar-refractivity contribution in [3.8, 4) is 0 Å². The minimum Gasteiger partial charge on any atom is -0.354 e. The van der Waals surface area contributed by atoms with E-state index < -0.39 is 0 Å². The minimum atomic E-state index is -0.330. The van der Waals surface area contributed by atoms with Crippen LogP contribution in [-0.4, -0.2) is 31.4 Å². The van der Waals surface area contributed by atoms with Gasteiger partial charge in [-0.15, -0.1) is 11.3 Å². The van der Waals surface area contributed by atoms with Crippen LogP contribution in [0.25, 0.3) is 10.1 Å². The number of amides is 2. The Balaban J connectivity index is 1.78. The summed E-state index contributed by atoms with van der Waals surface area (Å²) in [6, 6.07) is 8.21. The lowest BCUT2D eigenvalue weighted by molar-refractivity contribution is -0.125. The number of nitrogens with two attached hydrogens (primary N) is 1. The van der Waals surface area contributed by atoms with Crippen LogP contribution in [0.15, 0.2) is 29.6 Å². The molecule has 0 bridgehead atoms. The fourth-order valence-corrected chi connectivity index (χ4v) is 2.87. The highest BCUT2D eigenvalue weighted by Crippen LogP contribution is 2.25. The number of hydrogen-bond acceptors (Lipinski definition) is 4. The Morgan fingerprint density at radius 1 is 1.15 bits per heavy atom. The second kappa shape index (κ2) is 7.02. The Kier molecular flexibility index (Phi) is 5.09. The highest BCUT2D eigenvalue weighted by Gasteiger charge is 2.05. The zero-order valence-corrected chi connectivity index (χ0v) is 11.8. The van der Waals surface area contributed by atoms with Crippen LogP contribution in [0.3, 0.4) is 0 Å². The first-order valence-electron chi connectivity index (χ1n) is 6.39. The van der Waals surface area contributed by atoms with Crippen molar-refractivity contribution >= 4 is 33.2 Å². The van der Waals surface area contributed by atoms with Gasteiger partial charge >= 0.3 is 0 Å². The fraction of sp³-hybridized carbons (Fsp3) is 0.286. The quantitative estimate of drug-likeness (QED) is 0.730. The molecule has 0 saturated heterocycles. The summed E-state index contributed by atoms with van der Waals surface area (Å²) in [5, 5.41) is 8.56.